The van der Waals surface area contributed by atoms with Crippen molar-refractivity contribution in [1.82, 2.24) is 4.90 Å². The van der Waals surface area contributed by atoms with Crippen LogP contribution in [0.15, 0.2) is 0 Å². The van der Waals surface area contributed by atoms with Gasteiger partial charge in [-0.25, -0.2) is 0 Å². The van der Waals surface area contributed by atoms with Gasteiger partial charge < -0.3 is 9.84 Å². The smallest absolute Gasteiger partial charge is 0.0746 e. The summed E-state index contributed by atoms with van der Waals surface area (Å²) in [5.74, 6) is 0. The first kappa shape index (κ1) is 14.3. The maximum Gasteiger partial charge on any atom is 0.0746 e. The van der Waals surface area contributed by atoms with Crippen LogP contribution in [0.5, 0.6) is 0 Å². The standard InChI is InChI=1S/C15H29NO2/c1-4-12-11-16(9-6-10-18-12)13-7-5-8-15(2,3)14(13)17/h12-14,17H,4-11H2,1-3H3. The Labute approximate surface area is 112 Å². The average Bonchev–Trinajstić information content (AvgIpc) is 2.58. The third kappa shape index (κ3) is 3.06. The fourth-order valence-electron chi connectivity index (χ4n) is 3.45. The minimum Gasteiger partial charge on any atom is -0.391 e. The second-order valence-electron chi connectivity index (χ2n) is 6.64. The number of rotatable bonds is 2. The number of ether oxygens (including phenoxy) is 1. The summed E-state index contributed by atoms with van der Waals surface area (Å²) < 4.78 is 5.84. The van der Waals surface area contributed by atoms with Crippen LogP contribution >= 0.6 is 0 Å². The van der Waals surface area contributed by atoms with Gasteiger partial charge in [0.1, 0.15) is 0 Å². The molecule has 2 rings (SSSR count). The Kier molecular flexibility index (Phi) is 4.68. The lowest BCUT2D eigenvalue weighted by Crippen LogP contribution is -2.53. The summed E-state index contributed by atoms with van der Waals surface area (Å²) in [6, 6.07) is 0.337. The highest BCUT2D eigenvalue weighted by atomic mass is 16.5. The van der Waals surface area contributed by atoms with E-state index in [9.17, 15) is 5.11 Å². The second-order valence-corrected chi connectivity index (χ2v) is 6.64. The summed E-state index contributed by atoms with van der Waals surface area (Å²) in [5.41, 5.74) is 0.0673. The van der Waals surface area contributed by atoms with E-state index in [1.165, 1.54) is 6.42 Å². The average molecular weight is 255 g/mol. The molecular formula is C15H29NO2. The molecule has 18 heavy (non-hydrogen) atoms. The first-order chi connectivity index (χ1) is 8.54. The molecule has 106 valence electrons. The van der Waals surface area contributed by atoms with Crippen molar-refractivity contribution in [2.45, 2.75) is 71.1 Å². The molecule has 1 heterocycles. The molecule has 3 atom stereocenters. The van der Waals surface area contributed by atoms with Gasteiger partial charge in [0.25, 0.3) is 0 Å². The largest absolute Gasteiger partial charge is 0.391 e. The van der Waals surface area contributed by atoms with Crippen molar-refractivity contribution in [3.8, 4) is 0 Å². The highest BCUT2D eigenvalue weighted by molar-refractivity contribution is 4.94. The summed E-state index contributed by atoms with van der Waals surface area (Å²) in [7, 11) is 0. The summed E-state index contributed by atoms with van der Waals surface area (Å²) >= 11 is 0. The molecule has 2 aliphatic rings. The molecule has 3 unspecified atom stereocenters. The molecule has 0 amide bonds. The molecular weight excluding hydrogens is 226 g/mol. The molecule has 1 saturated heterocycles. The Balaban J connectivity index is 2.04. The van der Waals surface area contributed by atoms with E-state index < -0.39 is 0 Å². The summed E-state index contributed by atoms with van der Waals surface area (Å²) in [5, 5.41) is 10.6. The maximum absolute atomic E-state index is 10.6. The topological polar surface area (TPSA) is 32.7 Å². The molecule has 0 aromatic rings. The van der Waals surface area contributed by atoms with Gasteiger partial charge in [-0.05, 0) is 31.1 Å². The zero-order valence-corrected chi connectivity index (χ0v) is 12.2. The van der Waals surface area contributed by atoms with Crippen molar-refractivity contribution in [1.29, 1.82) is 0 Å². The van der Waals surface area contributed by atoms with Gasteiger partial charge in [0.2, 0.25) is 0 Å². The molecule has 0 bridgehead atoms. The second kappa shape index (κ2) is 5.89. The molecule has 2 fully saturated rings. The minimum absolute atomic E-state index is 0.0673. The van der Waals surface area contributed by atoms with Gasteiger partial charge in [0, 0.05) is 25.7 Å². The van der Waals surface area contributed by atoms with E-state index in [1.54, 1.807) is 0 Å². The van der Waals surface area contributed by atoms with Crippen molar-refractivity contribution in [3.63, 3.8) is 0 Å². The SMILES string of the molecule is CCC1CN(C2CCCC(C)(C)C2O)CCCO1. The van der Waals surface area contributed by atoms with Crippen molar-refractivity contribution in [2.24, 2.45) is 5.41 Å². The third-order valence-corrected chi connectivity index (χ3v) is 4.79. The zero-order valence-electron chi connectivity index (χ0n) is 12.2. The van der Waals surface area contributed by atoms with Gasteiger partial charge in [0.15, 0.2) is 0 Å². The highest BCUT2D eigenvalue weighted by Gasteiger charge is 2.40. The normalized spacial score (nSPS) is 38.3. The Hall–Kier alpha value is -0.120. The van der Waals surface area contributed by atoms with E-state index in [1.807, 2.05) is 0 Å². The van der Waals surface area contributed by atoms with E-state index in [0.717, 1.165) is 45.4 Å². The summed E-state index contributed by atoms with van der Waals surface area (Å²) in [4.78, 5) is 2.49. The number of hydrogen-bond acceptors (Lipinski definition) is 3. The van der Waals surface area contributed by atoms with Crippen LogP contribution in [0.3, 0.4) is 0 Å². The first-order valence-corrected chi connectivity index (χ1v) is 7.58. The number of nitrogens with zero attached hydrogens (tertiary/aromatic N) is 1. The maximum atomic E-state index is 10.6. The van der Waals surface area contributed by atoms with Crippen molar-refractivity contribution in [2.75, 3.05) is 19.7 Å². The monoisotopic (exact) mass is 255 g/mol. The van der Waals surface area contributed by atoms with Crippen molar-refractivity contribution >= 4 is 0 Å². The van der Waals surface area contributed by atoms with E-state index in [0.29, 0.717) is 12.1 Å². The molecule has 1 aliphatic heterocycles. The lowest BCUT2D eigenvalue weighted by molar-refractivity contribution is -0.0628. The predicted molar refractivity (Wildman–Crippen MR) is 73.6 cm³/mol. The Morgan fingerprint density at radius 3 is 2.83 bits per heavy atom. The number of hydrogen-bond donors (Lipinski definition) is 1. The van der Waals surface area contributed by atoms with Crippen LogP contribution in [0.4, 0.5) is 0 Å². The van der Waals surface area contributed by atoms with Gasteiger partial charge in [-0.1, -0.05) is 27.2 Å². The van der Waals surface area contributed by atoms with E-state index in [-0.39, 0.29) is 11.5 Å². The van der Waals surface area contributed by atoms with Crippen LogP contribution in [0, 0.1) is 5.41 Å². The van der Waals surface area contributed by atoms with E-state index in [2.05, 4.69) is 25.7 Å². The lowest BCUT2D eigenvalue weighted by atomic mass is 9.72. The Morgan fingerprint density at radius 2 is 2.11 bits per heavy atom. The molecule has 3 heteroatoms. The lowest BCUT2D eigenvalue weighted by Gasteiger charge is -2.45. The van der Waals surface area contributed by atoms with Gasteiger partial charge in [-0.2, -0.15) is 0 Å². The molecule has 0 aromatic carbocycles. The molecule has 0 radical (unpaired) electrons. The number of aliphatic hydroxyl groups excluding tert-OH is 1. The Bertz CT molecular complexity index is 267. The molecule has 1 aliphatic carbocycles. The van der Waals surface area contributed by atoms with E-state index >= 15 is 0 Å². The van der Waals surface area contributed by atoms with Gasteiger partial charge in [0.05, 0.1) is 12.2 Å². The molecule has 0 aromatic heterocycles. The minimum atomic E-state index is -0.193. The quantitative estimate of drug-likeness (QED) is 0.822. The summed E-state index contributed by atoms with van der Waals surface area (Å²) in [6.07, 6.45) is 5.85. The molecule has 1 N–H and O–H groups in total. The van der Waals surface area contributed by atoms with Crippen LogP contribution in [0.2, 0.25) is 0 Å². The number of aliphatic hydroxyl groups is 1. The Morgan fingerprint density at radius 1 is 1.33 bits per heavy atom. The van der Waals surface area contributed by atoms with E-state index in [4.69, 9.17) is 4.74 Å². The molecule has 0 spiro atoms. The first-order valence-electron chi connectivity index (χ1n) is 7.58. The van der Waals surface area contributed by atoms with Gasteiger partial charge in [-0.3, -0.25) is 4.90 Å². The van der Waals surface area contributed by atoms with Crippen LogP contribution in [-0.4, -0.2) is 48.0 Å². The third-order valence-electron chi connectivity index (χ3n) is 4.79. The highest BCUT2D eigenvalue weighted by Crippen LogP contribution is 2.38. The summed E-state index contributed by atoms with van der Waals surface area (Å²) in [6.45, 7) is 9.55. The van der Waals surface area contributed by atoms with Crippen LogP contribution in [-0.2, 0) is 4.74 Å². The van der Waals surface area contributed by atoms with Crippen molar-refractivity contribution in [3.05, 3.63) is 0 Å². The van der Waals surface area contributed by atoms with Crippen LogP contribution in [0.25, 0.3) is 0 Å². The van der Waals surface area contributed by atoms with Crippen LogP contribution in [0.1, 0.15) is 52.9 Å². The molecule has 3 nitrogen and oxygen atoms in total. The predicted octanol–water partition coefficient (Wildman–Crippen LogP) is 2.43. The zero-order chi connectivity index (χ0) is 13.2. The van der Waals surface area contributed by atoms with Gasteiger partial charge in [-0.15, -0.1) is 0 Å². The van der Waals surface area contributed by atoms with Crippen molar-refractivity contribution < 1.29 is 9.84 Å². The fraction of sp³-hybridized carbons (Fsp3) is 1.00. The molecule has 1 saturated carbocycles. The fourth-order valence-corrected chi connectivity index (χ4v) is 3.45. The van der Waals surface area contributed by atoms with Crippen LogP contribution < -0.4 is 0 Å². The van der Waals surface area contributed by atoms with Gasteiger partial charge >= 0.3 is 0 Å².